The minimum absolute atomic E-state index is 0.135. The molecule has 26 heavy (non-hydrogen) atoms. The summed E-state index contributed by atoms with van der Waals surface area (Å²) in [7, 11) is 1.65. The second-order valence-corrected chi connectivity index (χ2v) is 6.81. The third-order valence-electron chi connectivity index (χ3n) is 4.76. The topological polar surface area (TPSA) is 91.7 Å². The average molecular weight is 375 g/mol. The number of fused-ring (bicyclic) bond motifs is 1. The van der Waals surface area contributed by atoms with E-state index in [9.17, 15) is 0 Å². The number of hydrogen-bond donors (Lipinski definition) is 1. The van der Waals surface area contributed by atoms with Gasteiger partial charge in [0.05, 0.1) is 30.4 Å². The van der Waals surface area contributed by atoms with Gasteiger partial charge in [0.2, 0.25) is 5.95 Å². The normalized spacial score (nSPS) is 12.5. The van der Waals surface area contributed by atoms with E-state index in [0.29, 0.717) is 17.3 Å². The van der Waals surface area contributed by atoms with Crippen molar-refractivity contribution in [1.82, 2.24) is 24.7 Å². The second kappa shape index (κ2) is 7.07. The van der Waals surface area contributed by atoms with Gasteiger partial charge in [-0.15, -0.1) is 0 Å². The molecular weight excluding hydrogens is 352 g/mol. The maximum atomic E-state index is 6.37. The lowest BCUT2D eigenvalue weighted by molar-refractivity contribution is 0.405. The monoisotopic (exact) mass is 374 g/mol. The fourth-order valence-corrected chi connectivity index (χ4v) is 3.36. The second-order valence-electron chi connectivity index (χ2n) is 6.45. The highest BCUT2D eigenvalue weighted by Crippen LogP contribution is 2.32. The zero-order valence-corrected chi connectivity index (χ0v) is 16.4. The molecule has 0 amide bonds. The third-order valence-corrected chi connectivity index (χ3v) is 5.03. The van der Waals surface area contributed by atoms with Gasteiger partial charge in [-0.25, -0.2) is 9.67 Å². The number of nitrogen functional groups attached to an aromatic ring is 1. The number of ether oxygens (including phenoxy) is 1. The van der Waals surface area contributed by atoms with Gasteiger partial charge in [-0.1, -0.05) is 25.4 Å². The van der Waals surface area contributed by atoms with E-state index in [1.54, 1.807) is 7.11 Å². The summed E-state index contributed by atoms with van der Waals surface area (Å²) in [4.78, 5) is 12.9. The molecule has 8 heteroatoms. The smallest absolute Gasteiger partial charge is 0.223 e. The Hall–Kier alpha value is -2.41. The first-order chi connectivity index (χ1) is 12.4. The van der Waals surface area contributed by atoms with E-state index in [2.05, 4.69) is 28.8 Å². The van der Waals surface area contributed by atoms with Crippen molar-refractivity contribution in [1.29, 1.82) is 0 Å². The van der Waals surface area contributed by atoms with Crippen molar-refractivity contribution in [2.45, 2.75) is 46.6 Å². The zero-order chi connectivity index (χ0) is 19.0. The minimum atomic E-state index is 0.135. The Bertz CT molecular complexity index is 968. The summed E-state index contributed by atoms with van der Waals surface area (Å²) in [6, 6.07) is 0. The minimum Gasteiger partial charge on any atom is -0.495 e. The molecule has 3 aromatic heterocycles. The number of hydrogen-bond acceptors (Lipinski definition) is 6. The van der Waals surface area contributed by atoms with E-state index >= 15 is 0 Å². The molecule has 1 unspecified atom stereocenters. The van der Waals surface area contributed by atoms with E-state index < -0.39 is 0 Å². The van der Waals surface area contributed by atoms with Crippen LogP contribution in [0.4, 0.5) is 5.95 Å². The van der Waals surface area contributed by atoms with E-state index in [1.807, 2.05) is 24.7 Å². The number of rotatable bonds is 5. The summed E-state index contributed by atoms with van der Waals surface area (Å²) < 4.78 is 7.30. The van der Waals surface area contributed by atoms with Gasteiger partial charge in [0.15, 0.2) is 5.65 Å². The number of aryl methyl sites for hydroxylation is 1. The van der Waals surface area contributed by atoms with Gasteiger partial charge < -0.3 is 10.5 Å². The molecule has 0 saturated carbocycles. The number of halogens is 1. The summed E-state index contributed by atoms with van der Waals surface area (Å²) in [6.45, 7) is 8.66. The Balaban J connectivity index is 2.17. The van der Waals surface area contributed by atoms with Gasteiger partial charge in [-0.3, -0.25) is 4.98 Å². The summed E-state index contributed by atoms with van der Waals surface area (Å²) in [6.07, 6.45) is 2.78. The molecule has 0 spiro atoms. The van der Waals surface area contributed by atoms with Crippen molar-refractivity contribution in [3.8, 4) is 5.75 Å². The van der Waals surface area contributed by atoms with E-state index in [-0.39, 0.29) is 11.9 Å². The fourth-order valence-electron chi connectivity index (χ4n) is 3.09. The van der Waals surface area contributed by atoms with E-state index in [4.69, 9.17) is 27.2 Å². The molecule has 0 bridgehead atoms. The van der Waals surface area contributed by atoms with Crippen LogP contribution in [0, 0.1) is 13.8 Å². The number of nitrogens with zero attached hydrogens (tertiary/aromatic N) is 5. The van der Waals surface area contributed by atoms with Crippen LogP contribution >= 0.6 is 11.6 Å². The molecule has 3 heterocycles. The highest BCUT2D eigenvalue weighted by molar-refractivity contribution is 6.34. The predicted octanol–water partition coefficient (Wildman–Crippen LogP) is 3.64. The van der Waals surface area contributed by atoms with Gasteiger partial charge in [-0.2, -0.15) is 10.1 Å². The maximum Gasteiger partial charge on any atom is 0.223 e. The van der Waals surface area contributed by atoms with Gasteiger partial charge >= 0.3 is 0 Å². The van der Waals surface area contributed by atoms with Crippen molar-refractivity contribution in [2.75, 3.05) is 12.8 Å². The molecule has 138 valence electrons. The molecule has 0 fully saturated rings. The molecule has 0 aromatic carbocycles. The number of pyridine rings is 1. The van der Waals surface area contributed by atoms with Crippen molar-refractivity contribution >= 4 is 28.6 Å². The van der Waals surface area contributed by atoms with Crippen molar-refractivity contribution in [3.05, 3.63) is 33.9 Å². The average Bonchev–Trinajstić information content (AvgIpc) is 2.96. The van der Waals surface area contributed by atoms with Gasteiger partial charge in [0, 0.05) is 12.1 Å². The van der Waals surface area contributed by atoms with Crippen LogP contribution in [0.1, 0.15) is 48.7 Å². The first-order valence-corrected chi connectivity index (χ1v) is 8.93. The van der Waals surface area contributed by atoms with Crippen molar-refractivity contribution in [3.63, 3.8) is 0 Å². The van der Waals surface area contributed by atoms with Crippen molar-refractivity contribution < 1.29 is 4.74 Å². The van der Waals surface area contributed by atoms with Crippen LogP contribution in [0.15, 0.2) is 6.20 Å². The molecule has 0 aliphatic heterocycles. The van der Waals surface area contributed by atoms with Gasteiger partial charge in [-0.05, 0) is 31.4 Å². The molecule has 3 aromatic rings. The Morgan fingerprint density at radius 2 is 2.04 bits per heavy atom. The largest absolute Gasteiger partial charge is 0.495 e. The highest BCUT2D eigenvalue weighted by Gasteiger charge is 2.21. The van der Waals surface area contributed by atoms with E-state index in [1.165, 1.54) is 0 Å². The van der Waals surface area contributed by atoms with Gasteiger partial charge in [0.1, 0.15) is 10.9 Å². The molecule has 0 radical (unpaired) electrons. The van der Waals surface area contributed by atoms with Crippen LogP contribution in [0.25, 0.3) is 11.0 Å². The molecule has 0 saturated heterocycles. The number of aromatic nitrogens is 5. The molecular formula is C18H23ClN6O. The molecule has 7 nitrogen and oxygen atoms in total. The first kappa shape index (κ1) is 18.4. The lowest BCUT2D eigenvalue weighted by Crippen LogP contribution is -2.08. The Kier molecular flexibility index (Phi) is 5.00. The molecule has 1 atom stereocenters. The highest BCUT2D eigenvalue weighted by atomic mass is 35.5. The number of nitrogens with two attached hydrogens (primary N) is 1. The third kappa shape index (κ3) is 3.07. The first-order valence-electron chi connectivity index (χ1n) is 8.55. The molecule has 3 rings (SSSR count). The van der Waals surface area contributed by atoms with Crippen LogP contribution in [0.2, 0.25) is 5.15 Å². The van der Waals surface area contributed by atoms with Gasteiger partial charge in [0.25, 0.3) is 0 Å². The predicted molar refractivity (Wildman–Crippen MR) is 103 cm³/mol. The summed E-state index contributed by atoms with van der Waals surface area (Å²) in [5.74, 6) is 1.15. The Morgan fingerprint density at radius 3 is 2.69 bits per heavy atom. The standard InChI is InChI=1S/C18H23ClN6O/c1-6-9(2)14-13-16(19)22-18(20)23-17(13)25(24-14)8-12-7-21-11(4)15(26-5)10(12)3/h7,9H,6,8H2,1-5H3,(H2,20,22,23). The maximum absolute atomic E-state index is 6.37. The number of anilines is 1. The SMILES string of the molecule is CCC(C)c1nn(Cc2cnc(C)c(OC)c2C)c2nc(N)nc(Cl)c12. The van der Waals surface area contributed by atoms with Crippen LogP contribution < -0.4 is 10.5 Å². The Morgan fingerprint density at radius 1 is 1.31 bits per heavy atom. The summed E-state index contributed by atoms with van der Waals surface area (Å²) in [5, 5.41) is 5.88. The molecule has 0 aliphatic rings. The lowest BCUT2D eigenvalue weighted by atomic mass is 10.0. The Labute approximate surface area is 157 Å². The fraction of sp³-hybridized carbons (Fsp3) is 0.444. The van der Waals surface area contributed by atoms with Crippen molar-refractivity contribution in [2.24, 2.45) is 0 Å². The quantitative estimate of drug-likeness (QED) is 0.685. The van der Waals surface area contributed by atoms with Crippen LogP contribution in [0.3, 0.4) is 0 Å². The van der Waals surface area contributed by atoms with Crippen LogP contribution in [0.5, 0.6) is 5.75 Å². The van der Waals surface area contributed by atoms with Crippen LogP contribution in [-0.2, 0) is 6.54 Å². The molecule has 2 N–H and O–H groups in total. The van der Waals surface area contributed by atoms with Crippen LogP contribution in [-0.4, -0.2) is 31.8 Å². The molecule has 0 aliphatic carbocycles. The lowest BCUT2D eigenvalue weighted by Gasteiger charge is -2.12. The summed E-state index contributed by atoms with van der Waals surface area (Å²) >= 11 is 6.37. The summed E-state index contributed by atoms with van der Waals surface area (Å²) in [5.41, 5.74) is 10.2. The number of methoxy groups -OCH3 is 1. The van der Waals surface area contributed by atoms with E-state index in [0.717, 1.165) is 40.1 Å². The zero-order valence-electron chi connectivity index (χ0n) is 15.7.